The first-order valence-corrected chi connectivity index (χ1v) is 11.1. The van der Waals surface area contributed by atoms with Gasteiger partial charge >= 0.3 is 0 Å². The number of ether oxygens (including phenoxy) is 1. The van der Waals surface area contributed by atoms with Crippen LogP contribution in [0.5, 0.6) is 28.7 Å². The summed E-state index contributed by atoms with van der Waals surface area (Å²) in [7, 11) is 0. The number of aryl methyl sites for hydroxylation is 5. The standard InChI is InChI=1S/C29H29NO4/c1-17-15-27(32)19(3)13-25(17)30(26-14-20(4)28(33)16-18(26)2)22-6-9-24(10-7-22)34-29-11-8-23(31)12-21(29)5/h6-16,31-33H,1-5H3. The number of hydrogen-bond donors (Lipinski definition) is 3. The van der Waals surface area contributed by atoms with Crippen molar-refractivity contribution in [3.05, 3.63) is 94.5 Å². The first-order valence-electron chi connectivity index (χ1n) is 11.1. The van der Waals surface area contributed by atoms with Crippen LogP contribution >= 0.6 is 0 Å². The topological polar surface area (TPSA) is 73.2 Å². The molecule has 0 radical (unpaired) electrons. The van der Waals surface area contributed by atoms with E-state index in [0.717, 1.165) is 44.9 Å². The lowest BCUT2D eigenvalue weighted by Crippen LogP contribution is -2.13. The second kappa shape index (κ2) is 9.02. The van der Waals surface area contributed by atoms with Crippen LogP contribution in [0.2, 0.25) is 0 Å². The van der Waals surface area contributed by atoms with E-state index < -0.39 is 0 Å². The molecule has 0 saturated carbocycles. The average molecular weight is 456 g/mol. The molecule has 4 rings (SSSR count). The summed E-state index contributed by atoms with van der Waals surface area (Å²) in [5.74, 6) is 2.07. The zero-order valence-electron chi connectivity index (χ0n) is 20.0. The predicted octanol–water partition coefficient (Wildman–Crippen LogP) is 7.61. The van der Waals surface area contributed by atoms with Crippen LogP contribution in [0.1, 0.15) is 27.8 Å². The lowest BCUT2D eigenvalue weighted by molar-refractivity contribution is 0.461. The normalized spacial score (nSPS) is 10.9. The molecule has 0 aliphatic carbocycles. The van der Waals surface area contributed by atoms with E-state index in [1.54, 1.807) is 30.3 Å². The number of aromatic hydroxyl groups is 3. The molecule has 0 spiro atoms. The molecule has 34 heavy (non-hydrogen) atoms. The van der Waals surface area contributed by atoms with Gasteiger partial charge in [-0.25, -0.2) is 0 Å². The molecule has 0 aliphatic rings. The van der Waals surface area contributed by atoms with Gasteiger partial charge in [0, 0.05) is 17.1 Å². The van der Waals surface area contributed by atoms with Crippen LogP contribution in [0.3, 0.4) is 0 Å². The highest BCUT2D eigenvalue weighted by Crippen LogP contribution is 2.42. The third-order valence-corrected chi connectivity index (χ3v) is 5.99. The molecule has 0 heterocycles. The Kier molecular flexibility index (Phi) is 6.12. The molecule has 0 aromatic heterocycles. The van der Waals surface area contributed by atoms with Crippen molar-refractivity contribution in [3.8, 4) is 28.7 Å². The van der Waals surface area contributed by atoms with Crippen molar-refractivity contribution in [1.29, 1.82) is 0 Å². The van der Waals surface area contributed by atoms with Crippen molar-refractivity contribution in [2.75, 3.05) is 4.90 Å². The molecular weight excluding hydrogens is 426 g/mol. The van der Waals surface area contributed by atoms with Gasteiger partial charge in [-0.1, -0.05) is 0 Å². The highest BCUT2D eigenvalue weighted by Gasteiger charge is 2.19. The van der Waals surface area contributed by atoms with Crippen molar-refractivity contribution in [3.63, 3.8) is 0 Å². The Morgan fingerprint density at radius 1 is 0.559 bits per heavy atom. The van der Waals surface area contributed by atoms with E-state index in [1.165, 1.54) is 0 Å². The highest BCUT2D eigenvalue weighted by molar-refractivity contribution is 5.82. The summed E-state index contributed by atoms with van der Waals surface area (Å²) >= 11 is 0. The maximum absolute atomic E-state index is 10.2. The largest absolute Gasteiger partial charge is 0.508 e. The summed E-state index contributed by atoms with van der Waals surface area (Å²) in [5.41, 5.74) is 7.04. The third-order valence-electron chi connectivity index (χ3n) is 5.99. The van der Waals surface area contributed by atoms with Gasteiger partial charge in [0.1, 0.15) is 28.7 Å². The number of rotatable bonds is 5. The number of anilines is 3. The smallest absolute Gasteiger partial charge is 0.130 e. The molecule has 3 N–H and O–H groups in total. The first kappa shape index (κ1) is 23.1. The Labute approximate surface area is 200 Å². The number of benzene rings is 4. The van der Waals surface area contributed by atoms with E-state index in [9.17, 15) is 15.3 Å². The molecule has 174 valence electrons. The number of phenolic OH excluding ortho intramolecular Hbond substituents is 3. The SMILES string of the molecule is Cc1cc(N(c2ccc(Oc3ccc(O)cc3C)cc2)c2cc(C)c(O)cc2C)c(C)cc1O. The lowest BCUT2D eigenvalue weighted by Gasteiger charge is -2.29. The van der Waals surface area contributed by atoms with Gasteiger partial charge in [0.25, 0.3) is 0 Å². The summed E-state index contributed by atoms with van der Waals surface area (Å²) < 4.78 is 6.03. The van der Waals surface area contributed by atoms with E-state index >= 15 is 0 Å². The average Bonchev–Trinajstić information content (AvgIpc) is 2.78. The molecule has 4 aromatic carbocycles. The van der Waals surface area contributed by atoms with Crippen molar-refractivity contribution in [1.82, 2.24) is 0 Å². The van der Waals surface area contributed by atoms with Crippen molar-refractivity contribution in [2.24, 2.45) is 0 Å². The molecule has 0 atom stereocenters. The van der Waals surface area contributed by atoms with Gasteiger partial charge in [0.2, 0.25) is 0 Å². The molecule has 5 heteroatoms. The minimum atomic E-state index is 0.204. The van der Waals surface area contributed by atoms with Gasteiger partial charge in [-0.2, -0.15) is 0 Å². The highest BCUT2D eigenvalue weighted by atomic mass is 16.5. The molecule has 0 unspecified atom stereocenters. The maximum Gasteiger partial charge on any atom is 0.130 e. The van der Waals surface area contributed by atoms with E-state index in [1.807, 2.05) is 71.0 Å². The second-order valence-electron chi connectivity index (χ2n) is 8.73. The van der Waals surface area contributed by atoms with Crippen LogP contribution in [0, 0.1) is 34.6 Å². The number of phenols is 3. The number of hydrogen-bond acceptors (Lipinski definition) is 5. The van der Waals surface area contributed by atoms with E-state index in [0.29, 0.717) is 11.5 Å². The number of nitrogens with zero attached hydrogens (tertiary/aromatic N) is 1. The Morgan fingerprint density at radius 2 is 1.09 bits per heavy atom. The van der Waals surface area contributed by atoms with Gasteiger partial charge in [0.15, 0.2) is 0 Å². The monoisotopic (exact) mass is 455 g/mol. The van der Waals surface area contributed by atoms with Crippen molar-refractivity contribution < 1.29 is 20.1 Å². The van der Waals surface area contributed by atoms with E-state index in [-0.39, 0.29) is 17.2 Å². The molecule has 4 aromatic rings. The predicted molar refractivity (Wildman–Crippen MR) is 136 cm³/mol. The van der Waals surface area contributed by atoms with Crippen LogP contribution in [0.25, 0.3) is 0 Å². The fraction of sp³-hybridized carbons (Fsp3) is 0.172. The van der Waals surface area contributed by atoms with Crippen LogP contribution < -0.4 is 9.64 Å². The second-order valence-corrected chi connectivity index (χ2v) is 8.73. The quantitative estimate of drug-likeness (QED) is 0.289. The van der Waals surface area contributed by atoms with E-state index in [4.69, 9.17) is 4.74 Å². The fourth-order valence-electron chi connectivity index (χ4n) is 4.00. The van der Waals surface area contributed by atoms with Crippen LogP contribution in [-0.4, -0.2) is 15.3 Å². The van der Waals surface area contributed by atoms with E-state index in [2.05, 4.69) is 4.90 Å². The zero-order valence-corrected chi connectivity index (χ0v) is 20.0. The Morgan fingerprint density at radius 3 is 1.59 bits per heavy atom. The summed E-state index contributed by atoms with van der Waals surface area (Å²) in [6.07, 6.45) is 0. The van der Waals surface area contributed by atoms with Gasteiger partial charge in [0.05, 0.1) is 0 Å². The van der Waals surface area contributed by atoms with Crippen molar-refractivity contribution >= 4 is 17.1 Å². The van der Waals surface area contributed by atoms with Crippen LogP contribution in [0.4, 0.5) is 17.1 Å². The third kappa shape index (κ3) is 4.50. The summed E-state index contributed by atoms with van der Waals surface area (Å²) in [6.45, 7) is 9.58. The summed E-state index contributed by atoms with van der Waals surface area (Å²) in [5, 5.41) is 30.1. The van der Waals surface area contributed by atoms with Crippen LogP contribution in [0.15, 0.2) is 66.7 Å². The summed E-state index contributed by atoms with van der Waals surface area (Å²) in [6, 6.07) is 20.3. The molecule has 0 aliphatic heterocycles. The van der Waals surface area contributed by atoms with Gasteiger partial charge in [-0.15, -0.1) is 0 Å². The molecule has 0 bridgehead atoms. The molecular formula is C29H29NO4. The first-order chi connectivity index (χ1) is 16.1. The maximum atomic E-state index is 10.2. The van der Waals surface area contributed by atoms with Gasteiger partial charge < -0.3 is 25.0 Å². The fourth-order valence-corrected chi connectivity index (χ4v) is 4.00. The Bertz CT molecular complexity index is 1300. The van der Waals surface area contributed by atoms with Crippen molar-refractivity contribution in [2.45, 2.75) is 34.6 Å². The molecule has 0 fully saturated rings. The zero-order chi connectivity index (χ0) is 24.6. The van der Waals surface area contributed by atoms with Gasteiger partial charge in [-0.3, -0.25) is 0 Å². The van der Waals surface area contributed by atoms with Crippen LogP contribution in [-0.2, 0) is 0 Å². The minimum absolute atomic E-state index is 0.204. The Hall–Kier alpha value is -4.12. The molecule has 0 amide bonds. The summed E-state index contributed by atoms with van der Waals surface area (Å²) in [4.78, 5) is 2.12. The lowest BCUT2D eigenvalue weighted by atomic mass is 10.0. The molecule has 5 nitrogen and oxygen atoms in total. The van der Waals surface area contributed by atoms with Gasteiger partial charge in [-0.05, 0) is 129 Å². The Balaban J connectivity index is 1.80. The molecule has 0 saturated heterocycles. The minimum Gasteiger partial charge on any atom is -0.508 e.